The maximum absolute atomic E-state index is 12.2. The summed E-state index contributed by atoms with van der Waals surface area (Å²) < 4.78 is 17.8. The van der Waals surface area contributed by atoms with Crippen molar-refractivity contribution < 1.29 is 28.6 Å². The van der Waals surface area contributed by atoms with Crippen molar-refractivity contribution in [2.24, 2.45) is 22.7 Å². The summed E-state index contributed by atoms with van der Waals surface area (Å²) in [5.41, 5.74) is -0.124. The predicted molar refractivity (Wildman–Crippen MR) is 109 cm³/mol. The summed E-state index contributed by atoms with van der Waals surface area (Å²) >= 11 is 1.41. The molecule has 8 atom stereocenters. The molecule has 0 aromatic heterocycles. The highest BCUT2D eigenvalue weighted by molar-refractivity contribution is 8.14. The average Bonchev–Trinajstić information content (AvgIpc) is 3.15. The number of cyclic esters (lactones) is 1. The van der Waals surface area contributed by atoms with Crippen LogP contribution < -0.4 is 0 Å². The Hall–Kier alpha value is -1.34. The highest BCUT2D eigenvalue weighted by atomic mass is 32.2. The molecule has 30 heavy (non-hydrogen) atoms. The van der Waals surface area contributed by atoms with E-state index in [0.717, 1.165) is 32.1 Å². The van der Waals surface area contributed by atoms with Crippen molar-refractivity contribution in [2.75, 3.05) is 6.61 Å². The smallest absolute Gasteiger partial charge is 0.430 e. The second kappa shape index (κ2) is 5.71. The lowest BCUT2D eigenvalue weighted by atomic mass is 9.46. The fraction of sp³-hybridized carbons (Fsp3) is 0.783. The Bertz CT molecular complexity index is 913. The molecular weight excluding hydrogens is 404 g/mol. The maximum atomic E-state index is 12.2. The van der Waals surface area contributed by atoms with Gasteiger partial charge in [0.2, 0.25) is 0 Å². The summed E-state index contributed by atoms with van der Waals surface area (Å²) in [5, 5.41) is 0.185. The second-order valence-electron chi connectivity index (χ2n) is 10.6. The molecule has 6 rings (SSSR count). The van der Waals surface area contributed by atoms with Crippen LogP contribution in [-0.2, 0) is 23.8 Å². The van der Waals surface area contributed by atoms with Crippen LogP contribution in [0, 0.1) is 22.7 Å². The molecule has 2 saturated heterocycles. The summed E-state index contributed by atoms with van der Waals surface area (Å²) in [6.07, 6.45) is 6.05. The van der Waals surface area contributed by atoms with E-state index in [2.05, 4.69) is 13.8 Å². The van der Waals surface area contributed by atoms with Crippen LogP contribution in [-0.4, -0.2) is 46.2 Å². The Balaban J connectivity index is 1.47. The first-order valence-corrected chi connectivity index (χ1v) is 12.0. The molecule has 0 aromatic carbocycles. The molecular formula is C23H28O6S. The van der Waals surface area contributed by atoms with Gasteiger partial charge in [-0.15, -0.1) is 0 Å². The number of hydrogen-bond acceptors (Lipinski definition) is 7. The number of fused-ring (bicyclic) bond motifs is 4. The molecule has 5 fully saturated rings. The number of thioether (sulfide) groups is 1. The quantitative estimate of drug-likeness (QED) is 0.460. The van der Waals surface area contributed by atoms with E-state index < -0.39 is 11.8 Å². The lowest BCUT2D eigenvalue weighted by Gasteiger charge is -2.58. The van der Waals surface area contributed by atoms with E-state index in [0.29, 0.717) is 18.9 Å². The van der Waals surface area contributed by atoms with E-state index in [9.17, 15) is 14.4 Å². The second-order valence-corrected chi connectivity index (χ2v) is 12.1. The molecule has 0 aromatic rings. The Morgan fingerprint density at radius 1 is 1.23 bits per heavy atom. The standard InChI is InChI=1S/C23H28O6S/c1-12(24)30-16-9-13-8-14(25)4-6-20(13,2)23-17(28-23)10-21(3)15(18(16)23)5-7-22(21)11-27-19(26)29-22/h8,15-18H,4-7,9-11H2,1-3H3/t15?,16-,17+,18?,20+,21+,22-,23-/m1/s1. The Morgan fingerprint density at radius 3 is 2.73 bits per heavy atom. The van der Waals surface area contributed by atoms with E-state index in [4.69, 9.17) is 14.2 Å². The molecule has 0 bridgehead atoms. The van der Waals surface area contributed by atoms with Crippen molar-refractivity contribution in [2.45, 2.75) is 81.9 Å². The van der Waals surface area contributed by atoms with Crippen molar-refractivity contribution in [3.63, 3.8) is 0 Å². The van der Waals surface area contributed by atoms with Gasteiger partial charge in [0, 0.05) is 35.3 Å². The lowest BCUT2D eigenvalue weighted by molar-refractivity contribution is -0.118. The molecule has 7 heteroatoms. The summed E-state index contributed by atoms with van der Waals surface area (Å²) in [6, 6.07) is 0. The van der Waals surface area contributed by atoms with Crippen LogP contribution >= 0.6 is 11.8 Å². The molecule has 2 heterocycles. The van der Waals surface area contributed by atoms with Gasteiger partial charge in [0.05, 0.1) is 6.10 Å². The Kier molecular flexibility index (Phi) is 3.69. The summed E-state index contributed by atoms with van der Waals surface area (Å²) in [7, 11) is 0. The highest BCUT2D eigenvalue weighted by Gasteiger charge is 2.83. The van der Waals surface area contributed by atoms with Crippen LogP contribution in [0.15, 0.2) is 11.6 Å². The van der Waals surface area contributed by atoms with Crippen molar-refractivity contribution in [1.82, 2.24) is 0 Å². The zero-order chi connectivity index (χ0) is 21.1. The highest BCUT2D eigenvalue weighted by Crippen LogP contribution is 2.77. The van der Waals surface area contributed by atoms with Gasteiger partial charge in [-0.3, -0.25) is 9.59 Å². The normalized spacial score (nSPS) is 53.1. The molecule has 0 radical (unpaired) electrons. The first kappa shape index (κ1) is 19.4. The molecule has 0 N–H and O–H groups in total. The van der Waals surface area contributed by atoms with Crippen LogP contribution in [0.4, 0.5) is 4.79 Å². The van der Waals surface area contributed by atoms with Gasteiger partial charge in [-0.25, -0.2) is 4.79 Å². The van der Waals surface area contributed by atoms with Gasteiger partial charge in [-0.1, -0.05) is 31.2 Å². The van der Waals surface area contributed by atoms with E-state index in [1.807, 2.05) is 6.08 Å². The van der Waals surface area contributed by atoms with Crippen LogP contribution in [0.25, 0.3) is 0 Å². The average molecular weight is 433 g/mol. The van der Waals surface area contributed by atoms with Crippen molar-refractivity contribution in [3.8, 4) is 0 Å². The fourth-order valence-electron chi connectivity index (χ4n) is 8.16. The Labute approximate surface area is 180 Å². The Morgan fingerprint density at radius 2 is 2.03 bits per heavy atom. The number of hydrogen-bond donors (Lipinski definition) is 0. The van der Waals surface area contributed by atoms with Crippen molar-refractivity contribution >= 4 is 28.8 Å². The van der Waals surface area contributed by atoms with Gasteiger partial charge in [0.1, 0.15) is 12.2 Å². The molecule has 2 aliphatic heterocycles. The topological polar surface area (TPSA) is 82.2 Å². The predicted octanol–water partition coefficient (Wildman–Crippen LogP) is 3.81. The summed E-state index contributed by atoms with van der Waals surface area (Å²) in [6.45, 7) is 6.46. The molecule has 3 saturated carbocycles. The number of rotatable bonds is 1. The van der Waals surface area contributed by atoms with Crippen molar-refractivity contribution in [1.29, 1.82) is 0 Å². The minimum Gasteiger partial charge on any atom is -0.430 e. The third kappa shape index (κ3) is 2.09. The van der Waals surface area contributed by atoms with Gasteiger partial charge < -0.3 is 14.2 Å². The largest absolute Gasteiger partial charge is 0.509 e. The lowest BCUT2D eigenvalue weighted by Crippen LogP contribution is -2.63. The molecule has 2 spiro atoms. The third-order valence-corrected chi connectivity index (χ3v) is 10.7. The van der Waals surface area contributed by atoms with Crippen LogP contribution in [0.2, 0.25) is 0 Å². The van der Waals surface area contributed by atoms with E-state index in [-0.39, 0.29) is 44.6 Å². The summed E-state index contributed by atoms with van der Waals surface area (Å²) in [4.78, 5) is 36.4. The molecule has 2 unspecified atom stereocenters. The summed E-state index contributed by atoms with van der Waals surface area (Å²) in [5.74, 6) is 0.680. The number of epoxide rings is 1. The molecule has 162 valence electrons. The maximum Gasteiger partial charge on any atom is 0.509 e. The minimum atomic E-state index is -0.585. The van der Waals surface area contributed by atoms with Crippen molar-refractivity contribution in [3.05, 3.63) is 11.6 Å². The molecule has 4 aliphatic carbocycles. The SMILES string of the molecule is CC(=O)S[C@@H]1CC2=CC(=O)CC[C@]2(C)[C@@]23O[C@H]2C[C@@]2(C)C(CC[C@@]24COC(=O)O4)C13. The zero-order valence-electron chi connectivity index (χ0n) is 17.7. The number of carbonyl (C=O) groups is 3. The minimum absolute atomic E-state index is 0.0648. The van der Waals surface area contributed by atoms with Gasteiger partial charge in [-0.2, -0.15) is 0 Å². The first-order chi connectivity index (χ1) is 14.2. The van der Waals surface area contributed by atoms with Gasteiger partial charge >= 0.3 is 6.16 Å². The van der Waals surface area contributed by atoms with Gasteiger partial charge in [0.15, 0.2) is 16.5 Å². The molecule has 0 amide bonds. The molecule has 6 nitrogen and oxygen atoms in total. The van der Waals surface area contributed by atoms with Gasteiger partial charge in [-0.05, 0) is 44.1 Å². The first-order valence-electron chi connectivity index (χ1n) is 11.1. The van der Waals surface area contributed by atoms with Crippen LogP contribution in [0.5, 0.6) is 0 Å². The van der Waals surface area contributed by atoms with Gasteiger partial charge in [0.25, 0.3) is 0 Å². The van der Waals surface area contributed by atoms with Crippen LogP contribution in [0.3, 0.4) is 0 Å². The number of carbonyl (C=O) groups excluding carboxylic acids is 3. The monoisotopic (exact) mass is 432 g/mol. The fourth-order valence-corrected chi connectivity index (χ4v) is 9.39. The molecule has 6 aliphatic rings. The third-order valence-electron chi connectivity index (χ3n) is 9.63. The number of ether oxygens (including phenoxy) is 3. The zero-order valence-corrected chi connectivity index (χ0v) is 18.5. The van der Waals surface area contributed by atoms with Crippen LogP contribution in [0.1, 0.15) is 59.3 Å². The van der Waals surface area contributed by atoms with E-state index >= 15 is 0 Å². The van der Waals surface area contributed by atoms with E-state index in [1.54, 1.807) is 6.92 Å². The van der Waals surface area contributed by atoms with E-state index in [1.165, 1.54) is 17.3 Å². The number of ketones is 1.